The number of nitrogens with zero attached hydrogens (tertiary/aromatic N) is 1. The number of hydrogen-bond donors (Lipinski definition) is 2. The molecule has 0 aromatic heterocycles. The Bertz CT molecular complexity index is 1240. The van der Waals surface area contributed by atoms with Crippen LogP contribution in [0.5, 0.6) is 11.5 Å². The van der Waals surface area contributed by atoms with Crippen LogP contribution in [0.1, 0.15) is 17.2 Å². The largest absolute Gasteiger partial charge is 0.508 e. The lowest BCUT2D eigenvalue weighted by molar-refractivity contribution is -0.132. The molecule has 0 aliphatic carbocycles. The number of aliphatic hydroxyl groups excluding tert-OH is 1. The molecule has 0 spiro atoms. The van der Waals surface area contributed by atoms with Gasteiger partial charge in [0.2, 0.25) is 0 Å². The zero-order valence-corrected chi connectivity index (χ0v) is 17.5. The van der Waals surface area contributed by atoms with Gasteiger partial charge in [0.05, 0.1) is 24.3 Å². The van der Waals surface area contributed by atoms with Crippen molar-refractivity contribution < 1.29 is 28.9 Å². The lowest BCUT2D eigenvalue weighted by Crippen LogP contribution is -2.29. The summed E-state index contributed by atoms with van der Waals surface area (Å²) in [5.74, 6) is -2.92. The molecule has 0 bridgehead atoms. The molecule has 4 rings (SSSR count). The van der Waals surface area contributed by atoms with Gasteiger partial charge in [0.15, 0.2) is 0 Å². The smallest absolute Gasteiger partial charge is 0.300 e. The van der Waals surface area contributed by atoms with Gasteiger partial charge >= 0.3 is 0 Å². The maximum atomic E-state index is 14.0. The molecule has 1 amide bonds. The van der Waals surface area contributed by atoms with Crippen molar-refractivity contribution in [3.63, 3.8) is 0 Å². The molecule has 32 heavy (non-hydrogen) atoms. The predicted octanol–water partition coefficient (Wildman–Crippen LogP) is 4.82. The van der Waals surface area contributed by atoms with E-state index in [1.165, 1.54) is 42.3 Å². The van der Waals surface area contributed by atoms with Crippen molar-refractivity contribution in [2.24, 2.45) is 0 Å². The topological polar surface area (TPSA) is 87.1 Å². The maximum absolute atomic E-state index is 14.0. The molecule has 2 N–H and O–H groups in total. The third-order valence-electron chi connectivity index (χ3n) is 5.17. The highest BCUT2D eigenvalue weighted by Gasteiger charge is 2.47. The lowest BCUT2D eigenvalue weighted by Gasteiger charge is -2.25. The highest BCUT2D eigenvalue weighted by molar-refractivity contribution is 6.51. The summed E-state index contributed by atoms with van der Waals surface area (Å²) >= 11 is 5.96. The van der Waals surface area contributed by atoms with Crippen LogP contribution in [0.2, 0.25) is 5.02 Å². The highest BCUT2D eigenvalue weighted by atomic mass is 35.5. The Balaban J connectivity index is 1.98. The van der Waals surface area contributed by atoms with Gasteiger partial charge in [0, 0.05) is 10.7 Å². The third kappa shape index (κ3) is 3.67. The van der Waals surface area contributed by atoms with Crippen LogP contribution in [-0.4, -0.2) is 29.0 Å². The van der Waals surface area contributed by atoms with E-state index >= 15 is 0 Å². The normalized spacial score (nSPS) is 17.6. The number of benzene rings is 3. The van der Waals surface area contributed by atoms with Gasteiger partial charge in [-0.1, -0.05) is 23.7 Å². The number of ketones is 1. The molecular formula is C24H17ClFNO5. The summed E-state index contributed by atoms with van der Waals surface area (Å²) in [7, 11) is 1.34. The minimum Gasteiger partial charge on any atom is -0.508 e. The molecule has 8 heteroatoms. The third-order valence-corrected chi connectivity index (χ3v) is 5.43. The van der Waals surface area contributed by atoms with E-state index in [-0.39, 0.29) is 22.6 Å². The van der Waals surface area contributed by atoms with Crippen molar-refractivity contribution in [2.45, 2.75) is 6.04 Å². The number of carbonyl (C=O) groups excluding carboxylic acids is 2. The summed E-state index contributed by atoms with van der Waals surface area (Å²) in [6, 6.07) is 14.6. The van der Waals surface area contributed by atoms with Crippen LogP contribution in [0.25, 0.3) is 5.76 Å². The summed E-state index contributed by atoms with van der Waals surface area (Å²) < 4.78 is 19.2. The van der Waals surface area contributed by atoms with Gasteiger partial charge in [-0.15, -0.1) is 0 Å². The van der Waals surface area contributed by atoms with E-state index in [1.807, 2.05) is 0 Å². The molecule has 0 saturated carbocycles. The van der Waals surface area contributed by atoms with Gasteiger partial charge in [0.1, 0.15) is 23.1 Å². The molecule has 1 heterocycles. The second-order valence-electron chi connectivity index (χ2n) is 7.08. The van der Waals surface area contributed by atoms with E-state index in [9.17, 15) is 24.2 Å². The van der Waals surface area contributed by atoms with Crippen molar-refractivity contribution in [1.82, 2.24) is 0 Å². The number of phenolic OH excluding ortho intramolecular Hbond substituents is 1. The zero-order valence-electron chi connectivity index (χ0n) is 16.8. The first kappa shape index (κ1) is 21.4. The summed E-state index contributed by atoms with van der Waals surface area (Å²) in [6.07, 6.45) is 0. The van der Waals surface area contributed by atoms with Crippen LogP contribution >= 0.6 is 11.6 Å². The summed E-state index contributed by atoms with van der Waals surface area (Å²) in [5.41, 5.74) is 0.527. The van der Waals surface area contributed by atoms with Crippen LogP contribution in [0, 0.1) is 5.82 Å². The molecule has 162 valence electrons. The van der Waals surface area contributed by atoms with Crippen molar-refractivity contribution in [3.8, 4) is 11.5 Å². The lowest BCUT2D eigenvalue weighted by atomic mass is 9.94. The van der Waals surface area contributed by atoms with Gasteiger partial charge in [-0.2, -0.15) is 0 Å². The van der Waals surface area contributed by atoms with Gasteiger partial charge in [-0.3, -0.25) is 14.5 Å². The first-order valence-electron chi connectivity index (χ1n) is 9.51. The Morgan fingerprint density at radius 2 is 1.69 bits per heavy atom. The quantitative estimate of drug-likeness (QED) is 0.336. The van der Waals surface area contributed by atoms with Crippen molar-refractivity contribution >= 4 is 34.7 Å². The summed E-state index contributed by atoms with van der Waals surface area (Å²) in [6.45, 7) is 0. The van der Waals surface area contributed by atoms with E-state index in [4.69, 9.17) is 16.3 Å². The SMILES string of the molecule is COc1ccc(F)cc1/C(O)=C1\C(=O)C(=O)N(c2ccc(Cl)cc2)C1c1ccc(O)cc1. The Morgan fingerprint density at radius 3 is 2.31 bits per heavy atom. The second-order valence-corrected chi connectivity index (χ2v) is 7.52. The molecule has 0 radical (unpaired) electrons. The van der Waals surface area contributed by atoms with Gasteiger partial charge < -0.3 is 14.9 Å². The number of aromatic hydroxyl groups is 1. The first-order chi connectivity index (χ1) is 15.3. The number of anilines is 1. The van der Waals surface area contributed by atoms with E-state index in [1.54, 1.807) is 24.3 Å². The van der Waals surface area contributed by atoms with Gasteiger partial charge in [0.25, 0.3) is 11.7 Å². The monoisotopic (exact) mass is 453 g/mol. The molecule has 3 aromatic carbocycles. The average molecular weight is 454 g/mol. The Hall–Kier alpha value is -3.84. The molecule has 3 aromatic rings. The number of carbonyl (C=O) groups is 2. The van der Waals surface area contributed by atoms with E-state index in [0.29, 0.717) is 16.3 Å². The molecule has 1 unspecified atom stereocenters. The van der Waals surface area contributed by atoms with E-state index in [0.717, 1.165) is 12.1 Å². The Morgan fingerprint density at radius 1 is 1.03 bits per heavy atom. The van der Waals surface area contributed by atoms with Crippen LogP contribution in [0.15, 0.2) is 72.3 Å². The number of hydrogen-bond acceptors (Lipinski definition) is 5. The molecule has 1 saturated heterocycles. The first-order valence-corrected chi connectivity index (χ1v) is 9.89. The van der Waals surface area contributed by atoms with E-state index in [2.05, 4.69) is 0 Å². The number of amides is 1. The fraction of sp³-hybridized carbons (Fsp3) is 0.0833. The molecule has 1 aliphatic rings. The number of halogens is 2. The van der Waals surface area contributed by atoms with Crippen molar-refractivity contribution in [1.29, 1.82) is 0 Å². The Kier molecular flexibility index (Phi) is 5.59. The van der Waals surface area contributed by atoms with Crippen LogP contribution < -0.4 is 9.64 Å². The number of phenols is 1. The average Bonchev–Trinajstić information content (AvgIpc) is 3.05. The molecule has 1 fully saturated rings. The minimum absolute atomic E-state index is 0.0102. The van der Waals surface area contributed by atoms with Crippen molar-refractivity contribution in [2.75, 3.05) is 12.0 Å². The molecule has 6 nitrogen and oxygen atoms in total. The van der Waals surface area contributed by atoms with Gasteiger partial charge in [-0.25, -0.2) is 4.39 Å². The van der Waals surface area contributed by atoms with Crippen LogP contribution in [-0.2, 0) is 9.59 Å². The summed E-state index contributed by atoms with van der Waals surface area (Å²) in [4.78, 5) is 27.4. The van der Waals surface area contributed by atoms with Gasteiger partial charge in [-0.05, 0) is 60.2 Å². The Labute approximate surface area is 187 Å². The number of aliphatic hydroxyl groups is 1. The molecule has 1 aliphatic heterocycles. The van der Waals surface area contributed by atoms with Crippen LogP contribution in [0.4, 0.5) is 10.1 Å². The number of rotatable bonds is 4. The number of ether oxygens (including phenoxy) is 1. The fourth-order valence-electron chi connectivity index (χ4n) is 3.68. The number of methoxy groups -OCH3 is 1. The van der Waals surface area contributed by atoms with E-state index < -0.39 is 29.3 Å². The molecule has 1 atom stereocenters. The van der Waals surface area contributed by atoms with Crippen molar-refractivity contribution in [3.05, 3.63) is 94.3 Å². The minimum atomic E-state index is -1.04. The maximum Gasteiger partial charge on any atom is 0.300 e. The number of Topliss-reactive ketones (excluding diaryl/α,β-unsaturated/α-hetero) is 1. The summed E-state index contributed by atoms with van der Waals surface area (Å²) in [5, 5.41) is 21.2. The zero-order chi connectivity index (χ0) is 23.0. The fourth-order valence-corrected chi connectivity index (χ4v) is 3.81. The van der Waals surface area contributed by atoms with Crippen LogP contribution in [0.3, 0.4) is 0 Å². The standard InChI is InChI=1S/C24H17ClFNO5/c1-32-19-11-6-15(26)12-18(19)22(29)20-21(13-2-9-17(28)10-3-13)27(24(31)23(20)30)16-7-4-14(25)5-8-16/h2-12,21,28-29H,1H3/b22-20+. The second kappa shape index (κ2) is 8.36. The molecular weight excluding hydrogens is 437 g/mol. The predicted molar refractivity (Wildman–Crippen MR) is 117 cm³/mol. The highest BCUT2D eigenvalue weighted by Crippen LogP contribution is 2.43.